The van der Waals surface area contributed by atoms with Crippen molar-refractivity contribution in [2.45, 2.75) is 4.90 Å². The van der Waals surface area contributed by atoms with Crippen LogP contribution in [0.15, 0.2) is 41.4 Å². The summed E-state index contributed by atoms with van der Waals surface area (Å²) >= 11 is 5.53. The number of carbonyl (C=O) groups is 1. The van der Waals surface area contributed by atoms with Crippen molar-refractivity contribution in [1.82, 2.24) is 4.98 Å². The maximum atomic E-state index is 13.0. The minimum atomic E-state index is -4.00. The van der Waals surface area contributed by atoms with Crippen LogP contribution in [-0.2, 0) is 10.0 Å². The largest absolute Gasteiger partial charge is 0.478 e. The zero-order chi connectivity index (χ0) is 15.6. The normalized spacial score (nSPS) is 11.1. The molecule has 0 amide bonds. The number of halogens is 2. The van der Waals surface area contributed by atoms with Crippen LogP contribution in [0.1, 0.15) is 10.4 Å². The number of anilines is 1. The van der Waals surface area contributed by atoms with Gasteiger partial charge in [-0.2, -0.15) is 0 Å². The van der Waals surface area contributed by atoms with Gasteiger partial charge in [0.15, 0.2) is 0 Å². The Morgan fingerprint density at radius 1 is 1.29 bits per heavy atom. The SMILES string of the molecule is O=C(O)c1ccc(NS(=O)(=O)c2ccc(F)c(Cl)c2)nc1. The Labute approximate surface area is 124 Å². The van der Waals surface area contributed by atoms with E-state index in [1.54, 1.807) is 0 Å². The number of nitrogens with zero attached hydrogens (tertiary/aromatic N) is 1. The number of hydrogen-bond acceptors (Lipinski definition) is 4. The van der Waals surface area contributed by atoms with Crippen molar-refractivity contribution in [2.75, 3.05) is 4.72 Å². The van der Waals surface area contributed by atoms with Crippen molar-refractivity contribution in [3.05, 3.63) is 52.9 Å². The monoisotopic (exact) mass is 330 g/mol. The van der Waals surface area contributed by atoms with Gasteiger partial charge in [-0.1, -0.05) is 11.6 Å². The highest BCUT2D eigenvalue weighted by Crippen LogP contribution is 2.21. The first kappa shape index (κ1) is 15.2. The summed E-state index contributed by atoms with van der Waals surface area (Å²) in [6.45, 7) is 0. The predicted octanol–water partition coefficient (Wildman–Crippen LogP) is 2.37. The molecule has 0 fully saturated rings. The Kier molecular flexibility index (Phi) is 4.10. The lowest BCUT2D eigenvalue weighted by atomic mass is 10.3. The highest BCUT2D eigenvalue weighted by atomic mass is 35.5. The van der Waals surface area contributed by atoms with Gasteiger partial charge in [-0.15, -0.1) is 0 Å². The molecule has 0 aliphatic carbocycles. The van der Waals surface area contributed by atoms with Gasteiger partial charge in [0, 0.05) is 6.20 Å². The number of aromatic nitrogens is 1. The van der Waals surface area contributed by atoms with Gasteiger partial charge >= 0.3 is 5.97 Å². The van der Waals surface area contributed by atoms with Crippen LogP contribution in [0, 0.1) is 5.82 Å². The van der Waals surface area contributed by atoms with Crippen molar-refractivity contribution in [1.29, 1.82) is 0 Å². The van der Waals surface area contributed by atoms with E-state index >= 15 is 0 Å². The van der Waals surface area contributed by atoms with Crippen LogP contribution in [0.2, 0.25) is 5.02 Å². The van der Waals surface area contributed by atoms with Crippen molar-refractivity contribution in [2.24, 2.45) is 0 Å². The van der Waals surface area contributed by atoms with Crippen LogP contribution >= 0.6 is 11.6 Å². The molecule has 0 spiro atoms. The number of nitrogens with one attached hydrogen (secondary N) is 1. The quantitative estimate of drug-likeness (QED) is 0.897. The van der Waals surface area contributed by atoms with Crippen LogP contribution in [0.25, 0.3) is 0 Å². The minimum absolute atomic E-state index is 0.0690. The fourth-order valence-electron chi connectivity index (χ4n) is 1.42. The summed E-state index contributed by atoms with van der Waals surface area (Å²) in [4.78, 5) is 14.1. The third kappa shape index (κ3) is 3.47. The van der Waals surface area contributed by atoms with Gasteiger partial charge in [0.2, 0.25) is 0 Å². The second-order valence-corrected chi connectivity index (χ2v) is 6.01. The summed E-state index contributed by atoms with van der Waals surface area (Å²) < 4.78 is 39.2. The molecule has 0 unspecified atom stereocenters. The van der Waals surface area contributed by atoms with Crippen LogP contribution in [0.5, 0.6) is 0 Å². The molecule has 0 atom stereocenters. The second kappa shape index (κ2) is 5.66. The number of carboxylic acids is 1. The zero-order valence-corrected chi connectivity index (χ0v) is 11.8. The zero-order valence-electron chi connectivity index (χ0n) is 10.2. The van der Waals surface area contributed by atoms with Crippen LogP contribution < -0.4 is 4.72 Å². The van der Waals surface area contributed by atoms with E-state index in [4.69, 9.17) is 16.7 Å². The summed E-state index contributed by atoms with van der Waals surface area (Å²) in [7, 11) is -4.00. The molecular formula is C12H8ClFN2O4S. The van der Waals surface area contributed by atoms with Gasteiger partial charge in [0.1, 0.15) is 11.6 Å². The van der Waals surface area contributed by atoms with Crippen molar-refractivity contribution in [3.8, 4) is 0 Å². The summed E-state index contributed by atoms with van der Waals surface area (Å²) in [6, 6.07) is 5.34. The second-order valence-electron chi connectivity index (χ2n) is 3.92. The van der Waals surface area contributed by atoms with Crippen molar-refractivity contribution >= 4 is 33.4 Å². The third-order valence-corrected chi connectivity index (χ3v) is 4.09. The van der Waals surface area contributed by atoms with Crippen molar-refractivity contribution in [3.63, 3.8) is 0 Å². The first-order chi connectivity index (χ1) is 9.79. The van der Waals surface area contributed by atoms with E-state index in [2.05, 4.69) is 9.71 Å². The molecule has 2 rings (SSSR count). The topological polar surface area (TPSA) is 96.4 Å². The Balaban J connectivity index is 2.28. The number of benzene rings is 1. The van der Waals surface area contributed by atoms with Gasteiger partial charge < -0.3 is 5.11 Å². The van der Waals surface area contributed by atoms with E-state index in [-0.39, 0.29) is 21.3 Å². The van der Waals surface area contributed by atoms with Gasteiger partial charge in [-0.05, 0) is 30.3 Å². The number of rotatable bonds is 4. The first-order valence-electron chi connectivity index (χ1n) is 5.47. The molecule has 0 bridgehead atoms. The number of pyridine rings is 1. The molecule has 0 saturated carbocycles. The molecular weight excluding hydrogens is 323 g/mol. The number of hydrogen-bond donors (Lipinski definition) is 2. The fourth-order valence-corrected chi connectivity index (χ4v) is 2.70. The fraction of sp³-hybridized carbons (Fsp3) is 0. The maximum Gasteiger partial charge on any atom is 0.337 e. The molecule has 0 radical (unpaired) electrons. The Morgan fingerprint density at radius 3 is 2.52 bits per heavy atom. The third-order valence-electron chi connectivity index (χ3n) is 2.45. The average molecular weight is 331 g/mol. The Morgan fingerprint density at radius 2 is 2.00 bits per heavy atom. The molecule has 1 aromatic heterocycles. The molecule has 6 nitrogen and oxygen atoms in total. The van der Waals surface area contributed by atoms with Gasteiger partial charge in [-0.25, -0.2) is 22.6 Å². The van der Waals surface area contributed by atoms with Crippen molar-refractivity contribution < 1.29 is 22.7 Å². The summed E-state index contributed by atoms with van der Waals surface area (Å²) in [5, 5.41) is 8.39. The molecule has 0 aliphatic rings. The van der Waals surface area contributed by atoms with E-state index in [1.165, 1.54) is 12.1 Å². The molecule has 1 aromatic carbocycles. The highest BCUT2D eigenvalue weighted by molar-refractivity contribution is 7.92. The minimum Gasteiger partial charge on any atom is -0.478 e. The van der Waals surface area contributed by atoms with E-state index in [9.17, 15) is 17.6 Å². The highest BCUT2D eigenvalue weighted by Gasteiger charge is 2.17. The van der Waals surface area contributed by atoms with E-state index in [0.29, 0.717) is 0 Å². The van der Waals surface area contributed by atoms with E-state index in [1.807, 2.05) is 0 Å². The lowest BCUT2D eigenvalue weighted by Gasteiger charge is -2.08. The number of sulfonamides is 1. The predicted molar refractivity (Wildman–Crippen MR) is 73.4 cm³/mol. The standard InChI is InChI=1S/C12H8ClFN2O4S/c13-9-5-8(2-3-10(9)14)21(19,20)16-11-4-1-7(6-15-11)12(17)18/h1-6H,(H,15,16)(H,17,18). The van der Waals surface area contributed by atoms with E-state index in [0.717, 1.165) is 24.4 Å². The van der Waals surface area contributed by atoms with Gasteiger partial charge in [0.25, 0.3) is 10.0 Å². The van der Waals surface area contributed by atoms with Gasteiger partial charge in [-0.3, -0.25) is 4.72 Å². The molecule has 9 heteroatoms. The Bertz CT molecular complexity index is 793. The first-order valence-corrected chi connectivity index (χ1v) is 7.33. The Hall–Kier alpha value is -2.19. The lowest BCUT2D eigenvalue weighted by Crippen LogP contribution is -2.14. The molecule has 0 saturated heterocycles. The smallest absolute Gasteiger partial charge is 0.337 e. The molecule has 110 valence electrons. The molecule has 0 aliphatic heterocycles. The van der Waals surface area contributed by atoms with Crippen LogP contribution in [0.3, 0.4) is 0 Å². The maximum absolute atomic E-state index is 13.0. The lowest BCUT2D eigenvalue weighted by molar-refractivity contribution is 0.0696. The summed E-state index contributed by atoms with van der Waals surface area (Å²) in [5.74, 6) is -1.98. The summed E-state index contributed by atoms with van der Waals surface area (Å²) in [6.07, 6.45) is 1.01. The van der Waals surface area contributed by atoms with Crippen LogP contribution in [0.4, 0.5) is 10.2 Å². The summed E-state index contributed by atoms with van der Waals surface area (Å²) in [5.41, 5.74) is -0.0808. The molecule has 2 aromatic rings. The van der Waals surface area contributed by atoms with Gasteiger partial charge in [0.05, 0.1) is 15.5 Å². The molecule has 21 heavy (non-hydrogen) atoms. The molecule has 2 N–H and O–H groups in total. The number of carboxylic acid groups (broad SMARTS) is 1. The number of aromatic carboxylic acids is 1. The molecule has 1 heterocycles. The van der Waals surface area contributed by atoms with Crippen LogP contribution in [-0.4, -0.2) is 24.5 Å². The van der Waals surface area contributed by atoms with E-state index < -0.39 is 21.8 Å². The average Bonchev–Trinajstić information content (AvgIpc) is 2.42.